The number of hydrogen-bond donors (Lipinski definition) is 2. The Labute approximate surface area is 112 Å². The van der Waals surface area contributed by atoms with Crippen molar-refractivity contribution in [3.05, 3.63) is 0 Å². The average molecular weight is 254 g/mol. The smallest absolute Gasteiger partial charge is 0.0791 e. The van der Waals surface area contributed by atoms with Crippen LogP contribution in [-0.2, 0) is 0 Å². The number of rotatable bonds is 6. The maximum Gasteiger partial charge on any atom is 0.0791 e. The van der Waals surface area contributed by atoms with E-state index in [1.165, 1.54) is 58.0 Å². The number of nitrogens with zero attached hydrogens (tertiary/aromatic N) is 1. The minimum absolute atomic E-state index is 0.188. The molecule has 2 fully saturated rings. The van der Waals surface area contributed by atoms with Crippen LogP contribution in [0.3, 0.4) is 0 Å². The van der Waals surface area contributed by atoms with Gasteiger partial charge in [0.25, 0.3) is 0 Å². The molecular formula is C15H30N2O. The van der Waals surface area contributed by atoms with E-state index in [1.54, 1.807) is 0 Å². The Morgan fingerprint density at radius 1 is 1.17 bits per heavy atom. The molecule has 0 spiro atoms. The van der Waals surface area contributed by atoms with Gasteiger partial charge in [0.1, 0.15) is 0 Å². The first-order valence-electron chi connectivity index (χ1n) is 7.91. The SMILES string of the molecule is CCC1CCC(NCC(O)CN2CCCC2)CC1. The highest BCUT2D eigenvalue weighted by atomic mass is 16.3. The fraction of sp³-hybridized carbons (Fsp3) is 1.00. The second-order valence-electron chi connectivity index (χ2n) is 6.20. The normalized spacial score (nSPS) is 31.7. The molecule has 0 amide bonds. The third kappa shape index (κ3) is 4.52. The Kier molecular flexibility index (Phi) is 5.93. The zero-order valence-corrected chi connectivity index (χ0v) is 11.9. The van der Waals surface area contributed by atoms with Gasteiger partial charge in [0.15, 0.2) is 0 Å². The van der Waals surface area contributed by atoms with E-state index in [9.17, 15) is 5.11 Å². The summed E-state index contributed by atoms with van der Waals surface area (Å²) in [7, 11) is 0. The molecule has 3 heteroatoms. The van der Waals surface area contributed by atoms with Crippen molar-refractivity contribution in [3.63, 3.8) is 0 Å². The van der Waals surface area contributed by atoms with E-state index in [1.807, 2.05) is 0 Å². The van der Waals surface area contributed by atoms with Gasteiger partial charge in [-0.15, -0.1) is 0 Å². The molecule has 0 radical (unpaired) electrons. The van der Waals surface area contributed by atoms with Crippen LogP contribution in [0, 0.1) is 5.92 Å². The van der Waals surface area contributed by atoms with E-state index < -0.39 is 0 Å². The van der Waals surface area contributed by atoms with Gasteiger partial charge in [-0.25, -0.2) is 0 Å². The molecule has 3 nitrogen and oxygen atoms in total. The number of β-amino-alcohol motifs (C(OH)–C–C–N with tert-alkyl or cyclic N) is 1. The van der Waals surface area contributed by atoms with E-state index in [0.29, 0.717) is 6.04 Å². The van der Waals surface area contributed by atoms with Crippen molar-refractivity contribution in [1.82, 2.24) is 10.2 Å². The molecule has 0 bridgehead atoms. The van der Waals surface area contributed by atoms with Gasteiger partial charge in [0.2, 0.25) is 0 Å². The van der Waals surface area contributed by atoms with Crippen LogP contribution in [0.4, 0.5) is 0 Å². The quantitative estimate of drug-likeness (QED) is 0.761. The van der Waals surface area contributed by atoms with Crippen molar-refractivity contribution in [2.45, 2.75) is 64.0 Å². The van der Waals surface area contributed by atoms with Crippen molar-refractivity contribution in [1.29, 1.82) is 0 Å². The van der Waals surface area contributed by atoms with E-state index in [2.05, 4.69) is 17.1 Å². The van der Waals surface area contributed by atoms with Crippen molar-refractivity contribution in [2.75, 3.05) is 26.2 Å². The third-order valence-corrected chi connectivity index (χ3v) is 4.73. The summed E-state index contributed by atoms with van der Waals surface area (Å²) in [6, 6.07) is 0.654. The molecule has 1 aliphatic heterocycles. The molecule has 0 aromatic heterocycles. The Balaban J connectivity index is 1.56. The molecule has 18 heavy (non-hydrogen) atoms. The minimum atomic E-state index is -0.188. The maximum atomic E-state index is 10.0. The van der Waals surface area contributed by atoms with Crippen LogP contribution < -0.4 is 5.32 Å². The lowest BCUT2D eigenvalue weighted by molar-refractivity contribution is 0.117. The molecule has 2 N–H and O–H groups in total. The minimum Gasteiger partial charge on any atom is -0.390 e. The fourth-order valence-electron chi connectivity index (χ4n) is 3.41. The predicted octanol–water partition coefficient (Wildman–Crippen LogP) is 2.00. The summed E-state index contributed by atoms with van der Waals surface area (Å²) in [5.41, 5.74) is 0. The largest absolute Gasteiger partial charge is 0.390 e. The molecular weight excluding hydrogens is 224 g/mol. The molecule has 1 saturated carbocycles. The molecule has 1 saturated heterocycles. The van der Waals surface area contributed by atoms with Gasteiger partial charge in [0.05, 0.1) is 6.10 Å². The molecule has 0 aromatic carbocycles. The Morgan fingerprint density at radius 2 is 1.83 bits per heavy atom. The lowest BCUT2D eigenvalue weighted by Crippen LogP contribution is -2.42. The van der Waals surface area contributed by atoms with Gasteiger partial charge in [-0.05, 0) is 57.5 Å². The Morgan fingerprint density at radius 3 is 2.44 bits per heavy atom. The highest BCUT2D eigenvalue weighted by Crippen LogP contribution is 2.26. The summed E-state index contributed by atoms with van der Waals surface area (Å²) in [4.78, 5) is 2.39. The van der Waals surface area contributed by atoms with E-state index in [-0.39, 0.29) is 6.10 Å². The van der Waals surface area contributed by atoms with Crippen molar-refractivity contribution in [2.24, 2.45) is 5.92 Å². The molecule has 2 rings (SSSR count). The summed E-state index contributed by atoms with van der Waals surface area (Å²) >= 11 is 0. The highest BCUT2D eigenvalue weighted by Gasteiger charge is 2.21. The van der Waals surface area contributed by atoms with Crippen LogP contribution in [0.15, 0.2) is 0 Å². The molecule has 1 unspecified atom stereocenters. The number of likely N-dealkylation sites (tertiary alicyclic amines) is 1. The number of aliphatic hydroxyl groups is 1. The first kappa shape index (κ1) is 14.3. The Hall–Kier alpha value is -0.120. The molecule has 1 heterocycles. The summed E-state index contributed by atoms with van der Waals surface area (Å²) in [6.45, 7) is 6.30. The molecule has 106 valence electrons. The van der Waals surface area contributed by atoms with Gasteiger partial charge in [-0.1, -0.05) is 13.3 Å². The van der Waals surface area contributed by atoms with E-state index >= 15 is 0 Å². The van der Waals surface area contributed by atoms with Gasteiger partial charge < -0.3 is 15.3 Å². The van der Waals surface area contributed by atoms with Gasteiger partial charge in [0, 0.05) is 19.1 Å². The van der Waals surface area contributed by atoms with Gasteiger partial charge >= 0.3 is 0 Å². The van der Waals surface area contributed by atoms with E-state index in [0.717, 1.165) is 19.0 Å². The highest BCUT2D eigenvalue weighted by molar-refractivity contribution is 4.79. The number of hydrogen-bond acceptors (Lipinski definition) is 3. The van der Waals surface area contributed by atoms with Gasteiger partial charge in [-0.2, -0.15) is 0 Å². The van der Waals surface area contributed by atoms with Crippen molar-refractivity contribution >= 4 is 0 Å². The monoisotopic (exact) mass is 254 g/mol. The van der Waals surface area contributed by atoms with Crippen LogP contribution in [-0.4, -0.2) is 48.3 Å². The van der Waals surface area contributed by atoms with Crippen LogP contribution in [0.1, 0.15) is 51.9 Å². The summed E-state index contributed by atoms with van der Waals surface area (Å²) < 4.78 is 0. The molecule has 1 aliphatic carbocycles. The predicted molar refractivity (Wildman–Crippen MR) is 75.7 cm³/mol. The molecule has 2 aliphatic rings. The van der Waals surface area contributed by atoms with Crippen LogP contribution >= 0.6 is 0 Å². The first-order valence-corrected chi connectivity index (χ1v) is 7.91. The first-order chi connectivity index (χ1) is 8.78. The zero-order chi connectivity index (χ0) is 12.8. The zero-order valence-electron chi connectivity index (χ0n) is 11.9. The summed E-state index contributed by atoms with van der Waals surface area (Å²) in [5, 5.41) is 13.6. The maximum absolute atomic E-state index is 10.0. The summed E-state index contributed by atoms with van der Waals surface area (Å²) in [5.74, 6) is 0.956. The van der Waals surface area contributed by atoms with Crippen LogP contribution in [0.5, 0.6) is 0 Å². The van der Waals surface area contributed by atoms with Crippen molar-refractivity contribution < 1.29 is 5.11 Å². The second kappa shape index (κ2) is 7.46. The average Bonchev–Trinajstić information content (AvgIpc) is 2.90. The Bertz CT molecular complexity index is 221. The number of aliphatic hydroxyl groups excluding tert-OH is 1. The number of nitrogens with one attached hydrogen (secondary N) is 1. The lowest BCUT2D eigenvalue weighted by Gasteiger charge is -2.29. The lowest BCUT2D eigenvalue weighted by atomic mass is 9.84. The topological polar surface area (TPSA) is 35.5 Å². The standard InChI is InChI=1S/C15H30N2O/c1-2-13-5-7-14(8-6-13)16-11-15(18)12-17-9-3-4-10-17/h13-16,18H,2-12H2,1H3. The molecule has 1 atom stereocenters. The van der Waals surface area contributed by atoms with Crippen molar-refractivity contribution in [3.8, 4) is 0 Å². The van der Waals surface area contributed by atoms with Gasteiger partial charge in [-0.3, -0.25) is 0 Å². The molecule has 0 aromatic rings. The fourth-order valence-corrected chi connectivity index (χ4v) is 3.41. The van der Waals surface area contributed by atoms with Crippen LogP contribution in [0.2, 0.25) is 0 Å². The van der Waals surface area contributed by atoms with E-state index in [4.69, 9.17) is 0 Å². The summed E-state index contributed by atoms with van der Waals surface area (Å²) in [6.07, 6.45) is 9.11. The second-order valence-corrected chi connectivity index (χ2v) is 6.20. The van der Waals surface area contributed by atoms with Crippen LogP contribution in [0.25, 0.3) is 0 Å². The third-order valence-electron chi connectivity index (χ3n) is 4.73.